The van der Waals surface area contributed by atoms with Gasteiger partial charge in [-0.05, 0) is 49.7 Å². The second kappa shape index (κ2) is 5.91. The molecule has 1 aromatic carbocycles. The number of primary amides is 1. The normalized spacial score (nSPS) is 34.4. The van der Waals surface area contributed by atoms with Crippen LogP contribution in [0, 0.1) is 11.8 Å². The number of nitrogens with two attached hydrogens (primary N) is 1. The number of hydrogen-bond donors (Lipinski definition) is 2. The predicted octanol–water partition coefficient (Wildman–Crippen LogP) is 2.44. The topological polar surface area (TPSA) is 72.2 Å². The summed E-state index contributed by atoms with van der Waals surface area (Å²) < 4.78 is 0. The van der Waals surface area contributed by atoms with Gasteiger partial charge >= 0.3 is 0 Å². The molecule has 128 valence electrons. The van der Waals surface area contributed by atoms with E-state index in [9.17, 15) is 9.59 Å². The minimum absolute atomic E-state index is 0.0514. The van der Waals surface area contributed by atoms with E-state index in [4.69, 9.17) is 5.73 Å². The maximum Gasteiger partial charge on any atom is 0.224 e. The first-order valence-corrected chi connectivity index (χ1v) is 9.30. The molecule has 3 aliphatic carbocycles. The third kappa shape index (κ3) is 2.52. The van der Waals surface area contributed by atoms with Crippen molar-refractivity contribution in [2.75, 3.05) is 0 Å². The van der Waals surface area contributed by atoms with E-state index in [1.54, 1.807) is 0 Å². The Morgan fingerprint density at radius 1 is 1.12 bits per heavy atom. The number of fused-ring (bicyclic) bond motifs is 2. The molecule has 0 aromatic heterocycles. The van der Waals surface area contributed by atoms with E-state index in [-0.39, 0.29) is 35.1 Å². The summed E-state index contributed by atoms with van der Waals surface area (Å²) >= 11 is 0. The van der Waals surface area contributed by atoms with Crippen LogP contribution < -0.4 is 11.1 Å². The van der Waals surface area contributed by atoms with Crippen molar-refractivity contribution < 1.29 is 9.59 Å². The van der Waals surface area contributed by atoms with Gasteiger partial charge in [-0.3, -0.25) is 9.59 Å². The molecule has 4 heteroatoms. The van der Waals surface area contributed by atoms with Crippen molar-refractivity contribution in [2.45, 2.75) is 62.8 Å². The fraction of sp³-hybridized carbons (Fsp3) is 0.600. The SMILES string of the molecule is NC(=O)[C@@H]1CCCC[C@@H]1NC(=O)[C@@H]1C[C@]12CCCc1ccccc12. The third-order valence-electron chi connectivity index (χ3n) is 6.47. The fourth-order valence-electron chi connectivity index (χ4n) is 5.10. The van der Waals surface area contributed by atoms with Gasteiger partial charge in [0.1, 0.15) is 0 Å². The first-order chi connectivity index (χ1) is 11.6. The summed E-state index contributed by atoms with van der Waals surface area (Å²) in [5.74, 6) is -0.274. The summed E-state index contributed by atoms with van der Waals surface area (Å²) in [7, 11) is 0. The van der Waals surface area contributed by atoms with Crippen LogP contribution in [0.25, 0.3) is 0 Å². The van der Waals surface area contributed by atoms with Crippen molar-refractivity contribution in [3.05, 3.63) is 35.4 Å². The average molecular weight is 326 g/mol. The van der Waals surface area contributed by atoms with Gasteiger partial charge in [0.15, 0.2) is 0 Å². The molecule has 0 aliphatic heterocycles. The zero-order valence-corrected chi connectivity index (χ0v) is 14.1. The fourth-order valence-corrected chi connectivity index (χ4v) is 5.10. The number of carbonyl (C=O) groups is 2. The predicted molar refractivity (Wildman–Crippen MR) is 92.2 cm³/mol. The monoisotopic (exact) mass is 326 g/mol. The Morgan fingerprint density at radius 2 is 1.92 bits per heavy atom. The standard InChI is InChI=1S/C20H26N2O2/c21-18(23)14-8-2-4-10-17(14)22-19(24)16-12-20(16)11-5-7-13-6-1-3-9-15(13)20/h1,3,6,9,14,16-17H,2,4-5,7-8,10-12H2,(H2,21,23)(H,22,24)/t14-,16+,17+,20+/m1/s1. The van der Waals surface area contributed by atoms with Crippen LogP contribution in [0.15, 0.2) is 24.3 Å². The molecule has 0 bridgehead atoms. The number of benzene rings is 1. The molecule has 1 aromatic rings. The second-order valence-electron chi connectivity index (χ2n) is 7.83. The molecule has 4 nitrogen and oxygen atoms in total. The zero-order chi connectivity index (χ0) is 16.7. The molecule has 3 N–H and O–H groups in total. The quantitative estimate of drug-likeness (QED) is 0.895. The maximum atomic E-state index is 12.9. The number of rotatable bonds is 3. The highest BCUT2D eigenvalue weighted by Crippen LogP contribution is 2.60. The Labute approximate surface area is 143 Å². The lowest BCUT2D eigenvalue weighted by molar-refractivity contribution is -0.127. The molecule has 2 saturated carbocycles. The Kier molecular flexibility index (Phi) is 3.86. The van der Waals surface area contributed by atoms with E-state index in [0.717, 1.165) is 51.4 Å². The molecular formula is C20H26N2O2. The van der Waals surface area contributed by atoms with Crippen LogP contribution in [0.5, 0.6) is 0 Å². The molecule has 4 rings (SSSR count). The highest BCUT2D eigenvalue weighted by atomic mass is 16.2. The summed E-state index contributed by atoms with van der Waals surface area (Å²) in [4.78, 5) is 24.5. The molecule has 24 heavy (non-hydrogen) atoms. The summed E-state index contributed by atoms with van der Waals surface area (Å²) in [5.41, 5.74) is 8.38. The molecule has 0 unspecified atom stereocenters. The van der Waals surface area contributed by atoms with Gasteiger partial charge in [0.25, 0.3) is 0 Å². The van der Waals surface area contributed by atoms with Crippen LogP contribution in [0.4, 0.5) is 0 Å². The largest absolute Gasteiger partial charge is 0.369 e. The minimum Gasteiger partial charge on any atom is -0.369 e. The zero-order valence-electron chi connectivity index (χ0n) is 14.1. The summed E-state index contributed by atoms with van der Waals surface area (Å²) in [5, 5.41) is 3.17. The summed E-state index contributed by atoms with van der Waals surface area (Å²) in [6.45, 7) is 0. The lowest BCUT2D eigenvalue weighted by Gasteiger charge is -2.31. The van der Waals surface area contributed by atoms with Crippen LogP contribution in [-0.2, 0) is 21.4 Å². The number of amides is 2. The molecular weight excluding hydrogens is 300 g/mol. The van der Waals surface area contributed by atoms with Crippen LogP contribution in [0.3, 0.4) is 0 Å². The van der Waals surface area contributed by atoms with Crippen LogP contribution in [0.1, 0.15) is 56.1 Å². The van der Waals surface area contributed by atoms with Gasteiger partial charge < -0.3 is 11.1 Å². The Hall–Kier alpha value is -1.84. The second-order valence-corrected chi connectivity index (χ2v) is 7.83. The van der Waals surface area contributed by atoms with Gasteiger partial charge in [0.2, 0.25) is 11.8 Å². The maximum absolute atomic E-state index is 12.9. The van der Waals surface area contributed by atoms with Crippen molar-refractivity contribution in [1.29, 1.82) is 0 Å². The van der Waals surface area contributed by atoms with Crippen molar-refractivity contribution in [3.63, 3.8) is 0 Å². The van der Waals surface area contributed by atoms with Gasteiger partial charge in [0, 0.05) is 17.4 Å². The Morgan fingerprint density at radius 3 is 2.75 bits per heavy atom. The number of nitrogens with one attached hydrogen (secondary N) is 1. The Bertz CT molecular complexity index is 671. The van der Waals surface area contributed by atoms with Gasteiger partial charge in [-0.15, -0.1) is 0 Å². The van der Waals surface area contributed by atoms with Crippen molar-refractivity contribution in [2.24, 2.45) is 17.6 Å². The number of hydrogen-bond acceptors (Lipinski definition) is 2. The Balaban J connectivity index is 1.49. The highest BCUT2D eigenvalue weighted by molar-refractivity contribution is 5.86. The average Bonchev–Trinajstić information content (AvgIpc) is 3.30. The molecule has 0 radical (unpaired) electrons. The van der Waals surface area contributed by atoms with Gasteiger partial charge in [-0.2, -0.15) is 0 Å². The molecule has 0 heterocycles. The first-order valence-electron chi connectivity index (χ1n) is 9.30. The van der Waals surface area contributed by atoms with Crippen LogP contribution >= 0.6 is 0 Å². The van der Waals surface area contributed by atoms with E-state index in [1.807, 2.05) is 0 Å². The lowest BCUT2D eigenvalue weighted by Crippen LogP contribution is -2.48. The minimum atomic E-state index is -0.270. The molecule has 3 aliphatic rings. The van der Waals surface area contributed by atoms with Crippen LogP contribution in [-0.4, -0.2) is 17.9 Å². The van der Waals surface area contributed by atoms with E-state index >= 15 is 0 Å². The highest BCUT2D eigenvalue weighted by Gasteiger charge is 2.60. The van der Waals surface area contributed by atoms with Gasteiger partial charge in [-0.1, -0.05) is 37.1 Å². The number of aryl methyl sites for hydroxylation is 1. The molecule has 2 fully saturated rings. The van der Waals surface area contributed by atoms with Crippen LogP contribution in [0.2, 0.25) is 0 Å². The van der Waals surface area contributed by atoms with Crippen molar-refractivity contribution >= 4 is 11.8 Å². The van der Waals surface area contributed by atoms with E-state index in [1.165, 1.54) is 11.1 Å². The van der Waals surface area contributed by atoms with Gasteiger partial charge in [-0.25, -0.2) is 0 Å². The van der Waals surface area contributed by atoms with E-state index in [0.29, 0.717) is 0 Å². The lowest BCUT2D eigenvalue weighted by atomic mass is 9.78. The van der Waals surface area contributed by atoms with E-state index in [2.05, 4.69) is 29.6 Å². The summed E-state index contributed by atoms with van der Waals surface area (Å²) in [6, 6.07) is 8.51. The first kappa shape index (κ1) is 15.7. The third-order valence-corrected chi connectivity index (χ3v) is 6.47. The van der Waals surface area contributed by atoms with Crippen molar-refractivity contribution in [1.82, 2.24) is 5.32 Å². The smallest absolute Gasteiger partial charge is 0.224 e. The van der Waals surface area contributed by atoms with Crippen molar-refractivity contribution in [3.8, 4) is 0 Å². The molecule has 1 spiro atoms. The number of carbonyl (C=O) groups excluding carboxylic acids is 2. The van der Waals surface area contributed by atoms with E-state index < -0.39 is 0 Å². The molecule has 2 amide bonds. The van der Waals surface area contributed by atoms with Gasteiger partial charge in [0.05, 0.1) is 5.92 Å². The molecule has 4 atom stereocenters. The molecule has 0 saturated heterocycles. The summed E-state index contributed by atoms with van der Waals surface area (Å²) in [6.07, 6.45) is 8.10.